The lowest BCUT2D eigenvalue weighted by Gasteiger charge is -2.12. The fraction of sp³-hybridized carbons (Fsp3) is 0.875. The summed E-state index contributed by atoms with van der Waals surface area (Å²) in [7, 11) is 0. The van der Waals surface area contributed by atoms with Gasteiger partial charge in [0, 0.05) is 0 Å². The van der Waals surface area contributed by atoms with Crippen LogP contribution in [0.25, 0.3) is 0 Å². The van der Waals surface area contributed by atoms with Gasteiger partial charge in [-0.25, -0.2) is 0 Å². The van der Waals surface area contributed by atoms with Gasteiger partial charge in [-0.15, -0.1) is 12.6 Å². The van der Waals surface area contributed by atoms with E-state index in [1.165, 1.54) is 0 Å². The summed E-state index contributed by atoms with van der Waals surface area (Å²) in [5, 5.41) is -0.201. The van der Waals surface area contributed by atoms with Crippen LogP contribution in [0.15, 0.2) is 0 Å². The van der Waals surface area contributed by atoms with E-state index in [9.17, 15) is 4.79 Å². The van der Waals surface area contributed by atoms with Gasteiger partial charge in [0.1, 0.15) is 0 Å². The minimum Gasteiger partial charge on any atom is -0.321 e. The van der Waals surface area contributed by atoms with Gasteiger partial charge < -0.3 is 5.73 Å². The van der Waals surface area contributed by atoms with E-state index in [0.29, 0.717) is 5.92 Å². The van der Waals surface area contributed by atoms with Crippen molar-refractivity contribution in [3.05, 3.63) is 0 Å². The molecule has 0 radical (unpaired) electrons. The predicted octanol–water partition coefficient (Wildman–Crippen LogP) is 1.60. The molecule has 0 heterocycles. The van der Waals surface area contributed by atoms with Gasteiger partial charge in [0.05, 0.1) is 6.04 Å². The van der Waals surface area contributed by atoms with Crippen molar-refractivity contribution in [2.75, 3.05) is 0 Å². The van der Waals surface area contributed by atoms with E-state index >= 15 is 0 Å². The van der Waals surface area contributed by atoms with E-state index in [0.717, 1.165) is 19.3 Å². The van der Waals surface area contributed by atoms with Crippen LogP contribution in [-0.2, 0) is 4.79 Å². The average molecular weight is 175 g/mol. The molecule has 0 spiro atoms. The molecule has 2 atom stereocenters. The summed E-state index contributed by atoms with van der Waals surface area (Å²) in [4.78, 5) is 10.6. The highest BCUT2D eigenvalue weighted by atomic mass is 32.1. The predicted molar refractivity (Wildman–Crippen MR) is 50.7 cm³/mol. The Morgan fingerprint density at radius 3 is 2.55 bits per heavy atom. The molecule has 0 aliphatic heterocycles. The summed E-state index contributed by atoms with van der Waals surface area (Å²) >= 11 is 3.67. The lowest BCUT2D eigenvalue weighted by Crippen LogP contribution is -2.28. The molecular weight excluding hydrogens is 158 g/mol. The zero-order chi connectivity index (χ0) is 8.85. The Morgan fingerprint density at radius 1 is 1.64 bits per heavy atom. The number of carbonyl (C=O) groups is 1. The first-order chi connectivity index (χ1) is 5.07. The van der Waals surface area contributed by atoms with E-state index in [4.69, 9.17) is 5.73 Å². The van der Waals surface area contributed by atoms with Gasteiger partial charge in [-0.05, 0) is 12.3 Å². The number of hydrogen-bond donors (Lipinski definition) is 2. The van der Waals surface area contributed by atoms with E-state index in [-0.39, 0.29) is 11.2 Å². The van der Waals surface area contributed by atoms with E-state index in [2.05, 4.69) is 26.5 Å². The molecule has 0 aromatic heterocycles. The Labute approximate surface area is 74.0 Å². The number of hydrogen-bond acceptors (Lipinski definition) is 2. The topological polar surface area (TPSA) is 43.1 Å². The Balaban J connectivity index is 3.56. The second kappa shape index (κ2) is 5.61. The maximum absolute atomic E-state index is 10.6. The molecule has 0 amide bonds. The van der Waals surface area contributed by atoms with Gasteiger partial charge in [0.2, 0.25) is 5.12 Å². The van der Waals surface area contributed by atoms with Crippen LogP contribution < -0.4 is 5.73 Å². The Kier molecular flexibility index (Phi) is 5.60. The summed E-state index contributed by atoms with van der Waals surface area (Å²) in [5.41, 5.74) is 5.52. The van der Waals surface area contributed by atoms with Crippen molar-refractivity contribution in [2.24, 2.45) is 11.7 Å². The monoisotopic (exact) mass is 175 g/mol. The van der Waals surface area contributed by atoms with Crippen LogP contribution in [0.1, 0.15) is 33.1 Å². The SMILES string of the molecule is CCCC(C)CC(N)C(=O)S. The first-order valence-electron chi connectivity index (χ1n) is 4.06. The Hall–Kier alpha value is -0.0200. The molecular formula is C8H17NOS. The zero-order valence-electron chi connectivity index (χ0n) is 7.21. The van der Waals surface area contributed by atoms with Crippen LogP contribution in [0.4, 0.5) is 0 Å². The van der Waals surface area contributed by atoms with Gasteiger partial charge >= 0.3 is 0 Å². The van der Waals surface area contributed by atoms with Crippen molar-refractivity contribution in [3.63, 3.8) is 0 Å². The lowest BCUT2D eigenvalue weighted by molar-refractivity contribution is -0.112. The number of nitrogens with two attached hydrogens (primary N) is 1. The number of thiol groups is 1. The van der Waals surface area contributed by atoms with Crippen molar-refractivity contribution in [1.29, 1.82) is 0 Å². The van der Waals surface area contributed by atoms with Gasteiger partial charge in [-0.2, -0.15) is 0 Å². The van der Waals surface area contributed by atoms with Crippen molar-refractivity contribution >= 4 is 17.7 Å². The van der Waals surface area contributed by atoms with Gasteiger partial charge in [0.15, 0.2) is 0 Å². The van der Waals surface area contributed by atoms with E-state index in [1.54, 1.807) is 0 Å². The molecule has 3 heteroatoms. The van der Waals surface area contributed by atoms with Crippen LogP contribution >= 0.6 is 12.6 Å². The molecule has 0 bridgehead atoms. The molecule has 0 saturated heterocycles. The molecule has 11 heavy (non-hydrogen) atoms. The molecule has 0 rings (SSSR count). The maximum atomic E-state index is 10.6. The highest BCUT2D eigenvalue weighted by Gasteiger charge is 2.12. The normalized spacial score (nSPS) is 16.0. The van der Waals surface area contributed by atoms with Crippen LogP contribution in [0.5, 0.6) is 0 Å². The number of rotatable bonds is 5. The number of carbonyl (C=O) groups excluding carboxylic acids is 1. The first-order valence-corrected chi connectivity index (χ1v) is 4.51. The molecule has 0 aliphatic rings. The van der Waals surface area contributed by atoms with Gasteiger partial charge in [-0.1, -0.05) is 26.7 Å². The highest BCUT2D eigenvalue weighted by molar-refractivity contribution is 7.96. The van der Waals surface area contributed by atoms with Crippen molar-refractivity contribution in [2.45, 2.75) is 39.2 Å². The average Bonchev–Trinajstić information content (AvgIpc) is 1.87. The fourth-order valence-corrected chi connectivity index (χ4v) is 1.25. The zero-order valence-corrected chi connectivity index (χ0v) is 8.10. The minimum atomic E-state index is -0.375. The van der Waals surface area contributed by atoms with Crippen LogP contribution in [0.2, 0.25) is 0 Å². The quantitative estimate of drug-likeness (QED) is 0.623. The third-order valence-electron chi connectivity index (χ3n) is 1.75. The Bertz CT molecular complexity index is 127. The van der Waals surface area contributed by atoms with Crippen molar-refractivity contribution < 1.29 is 4.79 Å². The molecule has 2 nitrogen and oxygen atoms in total. The van der Waals surface area contributed by atoms with Crippen molar-refractivity contribution in [3.8, 4) is 0 Å². The van der Waals surface area contributed by atoms with Crippen LogP contribution in [0.3, 0.4) is 0 Å². The van der Waals surface area contributed by atoms with E-state index < -0.39 is 0 Å². The standard InChI is InChI=1S/C8H17NOS/c1-3-4-6(2)5-7(9)8(10)11/h6-7H,3-5,9H2,1-2H3,(H,10,11). The summed E-state index contributed by atoms with van der Waals surface area (Å²) in [6.45, 7) is 4.24. The second-order valence-corrected chi connectivity index (χ2v) is 3.52. The summed E-state index contributed by atoms with van der Waals surface area (Å²) in [6.07, 6.45) is 3.04. The molecule has 0 fully saturated rings. The van der Waals surface area contributed by atoms with E-state index in [1.807, 2.05) is 0 Å². The smallest absolute Gasteiger partial charge is 0.202 e. The summed E-state index contributed by atoms with van der Waals surface area (Å²) in [5.74, 6) is 0.533. The Morgan fingerprint density at radius 2 is 2.18 bits per heavy atom. The third-order valence-corrected chi connectivity index (χ3v) is 2.09. The van der Waals surface area contributed by atoms with Crippen molar-refractivity contribution in [1.82, 2.24) is 0 Å². The van der Waals surface area contributed by atoms with Crippen LogP contribution in [0, 0.1) is 5.92 Å². The largest absolute Gasteiger partial charge is 0.321 e. The molecule has 2 N–H and O–H groups in total. The minimum absolute atomic E-state index is 0.201. The maximum Gasteiger partial charge on any atom is 0.202 e. The summed E-state index contributed by atoms with van der Waals surface area (Å²) in [6, 6.07) is -0.375. The molecule has 0 aromatic carbocycles. The highest BCUT2D eigenvalue weighted by Crippen LogP contribution is 2.12. The van der Waals surface area contributed by atoms with Crippen LogP contribution in [-0.4, -0.2) is 11.2 Å². The molecule has 0 saturated carbocycles. The first kappa shape index (κ1) is 11.0. The van der Waals surface area contributed by atoms with Gasteiger partial charge in [-0.3, -0.25) is 4.79 Å². The molecule has 0 aliphatic carbocycles. The summed E-state index contributed by atoms with van der Waals surface area (Å²) < 4.78 is 0. The lowest BCUT2D eigenvalue weighted by atomic mass is 9.98. The fourth-order valence-electron chi connectivity index (χ4n) is 1.14. The molecule has 66 valence electrons. The van der Waals surface area contributed by atoms with Gasteiger partial charge in [0.25, 0.3) is 0 Å². The second-order valence-electron chi connectivity index (χ2n) is 3.07. The molecule has 2 unspecified atom stereocenters. The third kappa shape index (κ3) is 5.27. The molecule has 0 aromatic rings.